The minimum Gasteiger partial charge on any atom is -0.369 e. The Bertz CT molecular complexity index is 249. The van der Waals surface area contributed by atoms with Crippen molar-refractivity contribution in [2.45, 2.75) is 25.8 Å². The van der Waals surface area contributed by atoms with Crippen molar-refractivity contribution in [2.75, 3.05) is 20.6 Å². The zero-order chi connectivity index (χ0) is 10.7. The third-order valence-electron chi connectivity index (χ3n) is 2.44. The van der Waals surface area contributed by atoms with Crippen molar-refractivity contribution in [1.29, 1.82) is 0 Å². The highest BCUT2D eigenvalue weighted by atomic mass is 16.2. The molecule has 0 aromatic carbocycles. The van der Waals surface area contributed by atoms with Gasteiger partial charge in [-0.3, -0.25) is 0 Å². The third-order valence-corrected chi connectivity index (χ3v) is 2.44. The molecule has 0 aliphatic carbocycles. The van der Waals surface area contributed by atoms with Crippen LogP contribution in [-0.2, 0) is 0 Å². The summed E-state index contributed by atoms with van der Waals surface area (Å²) in [7, 11) is 3.32. The van der Waals surface area contributed by atoms with E-state index in [1.807, 2.05) is 4.90 Å². The minimum atomic E-state index is -0.304. The molecule has 5 heteroatoms. The molecular formula is C9H18N4O. The molecule has 1 aliphatic heterocycles. The average Bonchev–Trinajstić information content (AvgIpc) is 2.51. The maximum atomic E-state index is 11.2. The van der Waals surface area contributed by atoms with Gasteiger partial charge in [0.05, 0.1) is 0 Å². The van der Waals surface area contributed by atoms with Gasteiger partial charge in [-0.05, 0) is 19.8 Å². The first-order valence-corrected chi connectivity index (χ1v) is 4.84. The molecule has 0 bridgehead atoms. The minimum absolute atomic E-state index is 0.304. The highest BCUT2D eigenvalue weighted by Crippen LogP contribution is 2.15. The molecule has 0 spiro atoms. The Hall–Kier alpha value is -1.26. The number of hydrogen-bond donors (Lipinski definition) is 1. The summed E-state index contributed by atoms with van der Waals surface area (Å²) in [6.45, 7) is 2.99. The van der Waals surface area contributed by atoms with E-state index in [1.165, 1.54) is 4.90 Å². The van der Waals surface area contributed by atoms with Gasteiger partial charge in [-0.25, -0.2) is 4.79 Å². The van der Waals surface area contributed by atoms with Gasteiger partial charge in [-0.15, -0.1) is 0 Å². The number of urea groups is 1. The van der Waals surface area contributed by atoms with Crippen molar-refractivity contribution in [3.63, 3.8) is 0 Å². The molecule has 14 heavy (non-hydrogen) atoms. The van der Waals surface area contributed by atoms with E-state index < -0.39 is 0 Å². The Morgan fingerprint density at radius 2 is 2.21 bits per heavy atom. The maximum absolute atomic E-state index is 11.2. The van der Waals surface area contributed by atoms with E-state index in [1.54, 1.807) is 14.1 Å². The van der Waals surface area contributed by atoms with Crippen LogP contribution in [0.5, 0.6) is 0 Å². The predicted molar refractivity (Wildman–Crippen MR) is 56.1 cm³/mol. The normalized spacial score (nSPS) is 22.6. The second-order valence-corrected chi connectivity index (χ2v) is 3.83. The fourth-order valence-corrected chi connectivity index (χ4v) is 1.54. The van der Waals surface area contributed by atoms with Crippen molar-refractivity contribution < 1.29 is 4.79 Å². The Balaban J connectivity index is 2.63. The van der Waals surface area contributed by atoms with Crippen LogP contribution in [0.25, 0.3) is 0 Å². The van der Waals surface area contributed by atoms with Gasteiger partial charge in [-0.1, -0.05) is 0 Å². The van der Waals surface area contributed by atoms with Crippen molar-refractivity contribution in [1.82, 2.24) is 9.80 Å². The molecule has 0 unspecified atom stereocenters. The lowest BCUT2D eigenvalue weighted by Crippen LogP contribution is -2.40. The average molecular weight is 198 g/mol. The molecule has 5 nitrogen and oxygen atoms in total. The van der Waals surface area contributed by atoms with Crippen LogP contribution in [0, 0.1) is 0 Å². The van der Waals surface area contributed by atoms with Crippen LogP contribution in [0.1, 0.15) is 19.8 Å². The van der Waals surface area contributed by atoms with E-state index in [4.69, 9.17) is 5.73 Å². The number of hydrogen-bond acceptors (Lipinski definition) is 1. The quantitative estimate of drug-likeness (QED) is 0.454. The van der Waals surface area contributed by atoms with Crippen molar-refractivity contribution >= 4 is 12.0 Å². The molecule has 1 heterocycles. The summed E-state index contributed by atoms with van der Waals surface area (Å²) in [4.78, 5) is 18.4. The van der Waals surface area contributed by atoms with Crippen LogP contribution < -0.4 is 5.73 Å². The molecule has 1 saturated heterocycles. The number of nitrogens with zero attached hydrogens (tertiary/aromatic N) is 3. The van der Waals surface area contributed by atoms with Gasteiger partial charge in [0.2, 0.25) is 5.96 Å². The SMILES string of the molecule is C[C@@H]1CCCN1/C(N)=N\C(=O)N(C)C. The molecule has 80 valence electrons. The Morgan fingerprint density at radius 1 is 1.57 bits per heavy atom. The number of guanidine groups is 1. The number of nitrogens with two attached hydrogens (primary N) is 1. The van der Waals surface area contributed by atoms with Gasteiger partial charge in [-0.2, -0.15) is 4.99 Å². The van der Waals surface area contributed by atoms with Crippen LogP contribution in [0.4, 0.5) is 4.79 Å². The molecular weight excluding hydrogens is 180 g/mol. The largest absolute Gasteiger partial charge is 0.369 e. The first-order valence-electron chi connectivity index (χ1n) is 4.84. The number of rotatable bonds is 0. The second kappa shape index (κ2) is 4.30. The molecule has 2 amide bonds. The summed E-state index contributed by atoms with van der Waals surface area (Å²) in [6.07, 6.45) is 2.24. The summed E-state index contributed by atoms with van der Waals surface area (Å²) in [5, 5.41) is 0. The number of amides is 2. The number of aliphatic imine (C=N–C) groups is 1. The summed E-state index contributed by atoms with van der Waals surface area (Å²) < 4.78 is 0. The summed E-state index contributed by atoms with van der Waals surface area (Å²) >= 11 is 0. The molecule has 0 saturated carbocycles. The zero-order valence-corrected chi connectivity index (χ0v) is 9.03. The standard InChI is InChI=1S/C9H18N4O/c1-7-5-4-6-13(7)8(10)11-9(14)12(2)3/h7H,4-6H2,1-3H3,(H2,10,11,14)/t7-/m1/s1. The lowest BCUT2D eigenvalue weighted by atomic mass is 10.2. The Kier molecular flexibility index (Phi) is 3.33. The first-order chi connectivity index (χ1) is 6.52. The molecule has 0 aromatic heterocycles. The lowest BCUT2D eigenvalue weighted by molar-refractivity contribution is 0.226. The summed E-state index contributed by atoms with van der Waals surface area (Å²) in [6, 6.07) is 0.0929. The van der Waals surface area contributed by atoms with Crippen molar-refractivity contribution in [2.24, 2.45) is 10.7 Å². The fourth-order valence-electron chi connectivity index (χ4n) is 1.54. The number of carbonyl (C=O) groups is 1. The van der Waals surface area contributed by atoms with Crippen LogP contribution >= 0.6 is 0 Å². The number of likely N-dealkylation sites (tertiary alicyclic amines) is 1. The fraction of sp³-hybridized carbons (Fsp3) is 0.778. The van der Waals surface area contributed by atoms with Crippen molar-refractivity contribution in [3.8, 4) is 0 Å². The second-order valence-electron chi connectivity index (χ2n) is 3.83. The van der Waals surface area contributed by atoms with E-state index in [9.17, 15) is 4.79 Å². The van der Waals surface area contributed by atoms with Crippen LogP contribution in [0.2, 0.25) is 0 Å². The molecule has 0 radical (unpaired) electrons. The van der Waals surface area contributed by atoms with E-state index in [0.717, 1.165) is 19.4 Å². The van der Waals surface area contributed by atoms with Crippen molar-refractivity contribution in [3.05, 3.63) is 0 Å². The summed E-state index contributed by atoms with van der Waals surface area (Å²) in [5.74, 6) is 0.341. The highest BCUT2D eigenvalue weighted by Gasteiger charge is 2.22. The topological polar surface area (TPSA) is 61.9 Å². The van der Waals surface area contributed by atoms with Gasteiger partial charge in [0.25, 0.3) is 0 Å². The lowest BCUT2D eigenvalue weighted by Gasteiger charge is -2.22. The van der Waals surface area contributed by atoms with Gasteiger partial charge in [0, 0.05) is 26.7 Å². The first kappa shape index (κ1) is 10.8. The zero-order valence-electron chi connectivity index (χ0n) is 9.03. The van der Waals surface area contributed by atoms with Crippen LogP contribution in [-0.4, -0.2) is 48.5 Å². The highest BCUT2D eigenvalue weighted by molar-refractivity contribution is 5.91. The van der Waals surface area contributed by atoms with Crippen LogP contribution in [0.15, 0.2) is 4.99 Å². The molecule has 1 fully saturated rings. The van der Waals surface area contributed by atoms with E-state index in [2.05, 4.69) is 11.9 Å². The summed E-state index contributed by atoms with van der Waals surface area (Å²) in [5.41, 5.74) is 5.74. The van der Waals surface area contributed by atoms with Gasteiger partial charge < -0.3 is 15.5 Å². The molecule has 1 aliphatic rings. The van der Waals surface area contributed by atoms with E-state index >= 15 is 0 Å². The molecule has 1 atom stereocenters. The third kappa shape index (κ3) is 2.37. The predicted octanol–water partition coefficient (Wildman–Crippen LogP) is 0.467. The van der Waals surface area contributed by atoms with Gasteiger partial charge in [0.1, 0.15) is 0 Å². The Labute approximate surface area is 84.6 Å². The monoisotopic (exact) mass is 198 g/mol. The van der Waals surface area contributed by atoms with E-state index in [0.29, 0.717) is 12.0 Å². The smallest absolute Gasteiger partial charge is 0.346 e. The van der Waals surface area contributed by atoms with Gasteiger partial charge >= 0.3 is 6.03 Å². The van der Waals surface area contributed by atoms with Crippen LogP contribution in [0.3, 0.4) is 0 Å². The maximum Gasteiger partial charge on any atom is 0.346 e. The molecule has 0 aromatic rings. The number of carbonyl (C=O) groups excluding carboxylic acids is 1. The molecule has 1 rings (SSSR count). The Morgan fingerprint density at radius 3 is 2.64 bits per heavy atom. The van der Waals surface area contributed by atoms with E-state index in [-0.39, 0.29) is 6.03 Å². The van der Waals surface area contributed by atoms with Gasteiger partial charge in [0.15, 0.2) is 0 Å². The molecule has 2 N–H and O–H groups in total.